The summed E-state index contributed by atoms with van der Waals surface area (Å²) in [5.74, 6) is -0.805. The summed E-state index contributed by atoms with van der Waals surface area (Å²) in [6.45, 7) is 1.38. The Morgan fingerprint density at radius 1 is 1.31 bits per heavy atom. The number of halogens is 3. The SMILES string of the molecule is C[C@H](NC(=O)Cn1nnn(C2CC2)c1=O)c1ccc(OC(F)(F)F)cc1. The van der Waals surface area contributed by atoms with Crippen LogP contribution in [0.25, 0.3) is 0 Å². The largest absolute Gasteiger partial charge is 0.573 e. The molecule has 11 heteroatoms. The summed E-state index contributed by atoms with van der Waals surface area (Å²) in [7, 11) is 0. The Labute approximate surface area is 145 Å². The van der Waals surface area contributed by atoms with Gasteiger partial charge in [0, 0.05) is 0 Å². The zero-order valence-electron chi connectivity index (χ0n) is 13.7. The second kappa shape index (κ2) is 6.81. The molecule has 1 fully saturated rings. The van der Waals surface area contributed by atoms with E-state index in [0.29, 0.717) is 5.56 Å². The van der Waals surface area contributed by atoms with Gasteiger partial charge in [0.1, 0.15) is 12.3 Å². The number of hydrogen-bond acceptors (Lipinski definition) is 5. The molecule has 140 valence electrons. The molecule has 1 aliphatic carbocycles. The van der Waals surface area contributed by atoms with E-state index in [0.717, 1.165) is 29.7 Å². The Hall–Kier alpha value is -2.85. The van der Waals surface area contributed by atoms with Crippen LogP contribution in [0.2, 0.25) is 0 Å². The van der Waals surface area contributed by atoms with Crippen molar-refractivity contribution >= 4 is 5.91 Å². The van der Waals surface area contributed by atoms with Crippen molar-refractivity contribution in [1.82, 2.24) is 25.1 Å². The third-order valence-corrected chi connectivity index (χ3v) is 3.84. The average Bonchev–Trinajstić information content (AvgIpc) is 3.32. The van der Waals surface area contributed by atoms with Crippen LogP contribution < -0.4 is 15.7 Å². The third-order valence-electron chi connectivity index (χ3n) is 3.84. The Bertz CT molecular complexity index is 839. The van der Waals surface area contributed by atoms with E-state index in [4.69, 9.17) is 0 Å². The minimum Gasteiger partial charge on any atom is -0.406 e. The molecule has 0 spiro atoms. The molecule has 0 unspecified atom stereocenters. The molecule has 1 aromatic carbocycles. The van der Waals surface area contributed by atoms with Crippen molar-refractivity contribution in [2.24, 2.45) is 0 Å². The number of benzene rings is 1. The summed E-state index contributed by atoms with van der Waals surface area (Å²) in [5, 5.41) is 10.1. The van der Waals surface area contributed by atoms with Gasteiger partial charge in [0.25, 0.3) is 0 Å². The minimum absolute atomic E-state index is 0.0654. The summed E-state index contributed by atoms with van der Waals surface area (Å²) in [6, 6.07) is 4.75. The Balaban J connectivity index is 1.58. The van der Waals surface area contributed by atoms with Gasteiger partial charge in [-0.1, -0.05) is 12.1 Å². The standard InChI is InChI=1S/C15H16F3N5O3/c1-9(10-2-6-12(7-3-10)26-15(16,17)18)19-13(24)8-22-14(25)23(21-20-22)11-4-5-11/h2-3,6-7,9,11H,4-5,8H2,1H3,(H,19,24)/t9-/m0/s1. The smallest absolute Gasteiger partial charge is 0.406 e. The van der Waals surface area contributed by atoms with Crippen molar-refractivity contribution in [3.05, 3.63) is 40.3 Å². The fourth-order valence-electron chi connectivity index (χ4n) is 2.40. The number of tetrazole rings is 1. The molecule has 1 atom stereocenters. The number of nitrogens with zero attached hydrogens (tertiary/aromatic N) is 4. The predicted octanol–water partition coefficient (Wildman–Crippen LogP) is 1.55. The van der Waals surface area contributed by atoms with Gasteiger partial charge in [-0.3, -0.25) is 4.79 Å². The highest BCUT2D eigenvalue weighted by Gasteiger charge is 2.31. The van der Waals surface area contributed by atoms with Crippen molar-refractivity contribution in [3.8, 4) is 5.75 Å². The molecule has 1 amide bonds. The molecule has 1 N–H and O–H groups in total. The number of carbonyl (C=O) groups is 1. The van der Waals surface area contributed by atoms with E-state index in [-0.39, 0.29) is 18.3 Å². The first kappa shape index (κ1) is 18.0. The first-order valence-electron chi connectivity index (χ1n) is 7.90. The van der Waals surface area contributed by atoms with Crippen LogP contribution in [0.4, 0.5) is 13.2 Å². The molecule has 0 aliphatic heterocycles. The number of hydrogen-bond donors (Lipinski definition) is 1. The lowest BCUT2D eigenvalue weighted by atomic mass is 10.1. The van der Waals surface area contributed by atoms with Crippen LogP contribution in [0, 0.1) is 0 Å². The number of nitrogens with one attached hydrogen (secondary N) is 1. The molecule has 1 aromatic heterocycles. The molecule has 1 saturated carbocycles. The molecule has 0 bridgehead atoms. The van der Waals surface area contributed by atoms with Gasteiger partial charge in [0.05, 0.1) is 12.1 Å². The van der Waals surface area contributed by atoms with Crippen LogP contribution in [0.3, 0.4) is 0 Å². The van der Waals surface area contributed by atoms with E-state index >= 15 is 0 Å². The number of amides is 1. The number of ether oxygens (including phenoxy) is 1. The van der Waals surface area contributed by atoms with Crippen molar-refractivity contribution in [1.29, 1.82) is 0 Å². The van der Waals surface area contributed by atoms with Crippen LogP contribution in [0.1, 0.15) is 37.4 Å². The normalized spacial score (nSPS) is 15.5. The van der Waals surface area contributed by atoms with E-state index in [1.54, 1.807) is 6.92 Å². The molecule has 1 aliphatic rings. The van der Waals surface area contributed by atoms with Gasteiger partial charge in [-0.05, 0) is 47.9 Å². The van der Waals surface area contributed by atoms with Gasteiger partial charge >= 0.3 is 12.1 Å². The average molecular weight is 371 g/mol. The lowest BCUT2D eigenvalue weighted by Gasteiger charge is -2.15. The summed E-state index contributed by atoms with van der Waals surface area (Å²) < 4.78 is 42.5. The van der Waals surface area contributed by atoms with Crippen LogP contribution in [0.15, 0.2) is 29.1 Å². The molecular weight excluding hydrogens is 355 g/mol. The van der Waals surface area contributed by atoms with Crippen molar-refractivity contribution in [2.45, 2.75) is 44.8 Å². The van der Waals surface area contributed by atoms with E-state index < -0.39 is 24.0 Å². The number of aromatic nitrogens is 4. The van der Waals surface area contributed by atoms with Crippen LogP contribution in [-0.2, 0) is 11.3 Å². The summed E-state index contributed by atoms with van der Waals surface area (Å²) in [6.07, 6.45) is -3.02. The van der Waals surface area contributed by atoms with Crippen LogP contribution >= 0.6 is 0 Å². The molecule has 0 saturated heterocycles. The summed E-state index contributed by atoms with van der Waals surface area (Å²) >= 11 is 0. The molecule has 8 nitrogen and oxygen atoms in total. The van der Waals surface area contributed by atoms with E-state index in [1.807, 2.05) is 0 Å². The first-order chi connectivity index (χ1) is 12.2. The Morgan fingerprint density at radius 2 is 1.96 bits per heavy atom. The van der Waals surface area contributed by atoms with Gasteiger partial charge in [-0.2, -0.15) is 9.36 Å². The predicted molar refractivity (Wildman–Crippen MR) is 82.2 cm³/mol. The number of alkyl halides is 3. The fraction of sp³-hybridized carbons (Fsp3) is 0.467. The maximum Gasteiger partial charge on any atom is 0.573 e. The highest BCUT2D eigenvalue weighted by atomic mass is 19.4. The van der Waals surface area contributed by atoms with Gasteiger partial charge in [-0.15, -0.1) is 13.2 Å². The van der Waals surface area contributed by atoms with Gasteiger partial charge in [0.2, 0.25) is 5.91 Å². The third kappa shape index (κ3) is 4.41. The summed E-state index contributed by atoms with van der Waals surface area (Å²) in [5.41, 5.74) is 0.144. The van der Waals surface area contributed by atoms with Gasteiger partial charge in [-0.25, -0.2) is 4.79 Å². The Morgan fingerprint density at radius 3 is 2.54 bits per heavy atom. The van der Waals surface area contributed by atoms with E-state index in [9.17, 15) is 22.8 Å². The highest BCUT2D eigenvalue weighted by molar-refractivity contribution is 5.76. The molecule has 3 rings (SSSR count). The van der Waals surface area contributed by atoms with Crippen molar-refractivity contribution < 1.29 is 22.7 Å². The van der Waals surface area contributed by atoms with Crippen molar-refractivity contribution in [3.63, 3.8) is 0 Å². The topological polar surface area (TPSA) is 91.0 Å². The second-order valence-corrected chi connectivity index (χ2v) is 6.00. The van der Waals surface area contributed by atoms with Crippen molar-refractivity contribution in [2.75, 3.05) is 0 Å². The quantitative estimate of drug-likeness (QED) is 0.832. The highest BCUT2D eigenvalue weighted by Crippen LogP contribution is 2.32. The minimum atomic E-state index is -4.76. The van der Waals surface area contributed by atoms with E-state index in [1.165, 1.54) is 16.8 Å². The molecule has 0 radical (unpaired) electrons. The first-order valence-corrected chi connectivity index (χ1v) is 7.90. The zero-order valence-corrected chi connectivity index (χ0v) is 13.7. The molecular formula is C15H16F3N5O3. The van der Waals surface area contributed by atoms with Gasteiger partial charge < -0.3 is 10.1 Å². The lowest BCUT2D eigenvalue weighted by Crippen LogP contribution is -2.34. The zero-order chi connectivity index (χ0) is 18.9. The number of carbonyl (C=O) groups excluding carboxylic acids is 1. The molecule has 26 heavy (non-hydrogen) atoms. The van der Waals surface area contributed by atoms with Crippen LogP contribution in [-0.4, -0.2) is 32.1 Å². The van der Waals surface area contributed by atoms with Gasteiger partial charge in [0.15, 0.2) is 0 Å². The summed E-state index contributed by atoms with van der Waals surface area (Å²) in [4.78, 5) is 24.1. The second-order valence-electron chi connectivity index (χ2n) is 6.00. The molecule has 2 aromatic rings. The maximum atomic E-state index is 12.1. The van der Waals surface area contributed by atoms with E-state index in [2.05, 4.69) is 20.5 Å². The monoisotopic (exact) mass is 371 g/mol. The maximum absolute atomic E-state index is 12.1. The Kier molecular flexibility index (Phi) is 4.70. The number of rotatable bonds is 6. The van der Waals surface area contributed by atoms with Crippen LogP contribution in [0.5, 0.6) is 5.75 Å². The fourth-order valence-corrected chi connectivity index (χ4v) is 2.40. The molecule has 1 heterocycles. The lowest BCUT2D eigenvalue weighted by molar-refractivity contribution is -0.274.